The second-order valence-electron chi connectivity index (χ2n) is 3.77. The highest BCUT2D eigenvalue weighted by Crippen LogP contribution is 2.27. The number of alkyl halides is 4. The molecule has 116 valence electrons. The Bertz CT molecular complexity index is 562. The zero-order valence-corrected chi connectivity index (χ0v) is 12.5. The van der Waals surface area contributed by atoms with E-state index in [-0.39, 0.29) is 17.0 Å². The van der Waals surface area contributed by atoms with Crippen LogP contribution >= 0.6 is 15.9 Å². The average molecular weight is 383 g/mol. The van der Waals surface area contributed by atoms with E-state index >= 15 is 0 Å². The van der Waals surface area contributed by atoms with Gasteiger partial charge in [-0.1, -0.05) is 0 Å². The topological polar surface area (TPSA) is 71.3 Å². The summed E-state index contributed by atoms with van der Waals surface area (Å²) in [4.78, 5) is -0.437. The lowest BCUT2D eigenvalue weighted by Crippen LogP contribution is -2.41. The second-order valence-corrected chi connectivity index (χ2v) is 6.22. The molecule has 0 aliphatic carbocycles. The van der Waals surface area contributed by atoms with Crippen LogP contribution in [0.2, 0.25) is 0 Å². The molecule has 0 aliphatic rings. The summed E-state index contributed by atoms with van der Waals surface area (Å²) in [6, 6.07) is 1.10. The van der Waals surface area contributed by atoms with E-state index in [4.69, 9.17) is 4.42 Å². The molecule has 0 unspecified atom stereocenters. The Morgan fingerprint density at radius 2 is 2.05 bits per heavy atom. The van der Waals surface area contributed by atoms with Gasteiger partial charge in [-0.15, -0.1) is 0 Å². The lowest BCUT2D eigenvalue weighted by Gasteiger charge is -2.15. The van der Waals surface area contributed by atoms with Crippen molar-refractivity contribution in [3.05, 3.63) is 16.5 Å². The summed E-state index contributed by atoms with van der Waals surface area (Å²) < 4.78 is 79.0. The van der Waals surface area contributed by atoms with Crippen molar-refractivity contribution in [3.63, 3.8) is 0 Å². The highest BCUT2D eigenvalue weighted by atomic mass is 79.9. The molecule has 0 bridgehead atoms. The molecule has 0 aliphatic heterocycles. The standard InChI is InChI=1S/C9H11BrF4N2O3S/c1-15-3-5-2-6(7(10)19-5)20(17,18)16-4-9(13,14)8(11)12/h2,8,15-16H,3-4H2,1H3. The van der Waals surface area contributed by atoms with Gasteiger partial charge >= 0.3 is 12.3 Å². The van der Waals surface area contributed by atoms with Gasteiger partial charge in [-0.05, 0) is 23.0 Å². The van der Waals surface area contributed by atoms with Crippen LogP contribution in [0.25, 0.3) is 0 Å². The van der Waals surface area contributed by atoms with Crippen LogP contribution in [-0.2, 0) is 16.6 Å². The molecule has 0 saturated carbocycles. The van der Waals surface area contributed by atoms with E-state index in [0.29, 0.717) is 0 Å². The molecule has 1 aromatic rings. The molecule has 5 nitrogen and oxygen atoms in total. The van der Waals surface area contributed by atoms with Crippen LogP contribution in [0.1, 0.15) is 5.76 Å². The van der Waals surface area contributed by atoms with Crippen molar-refractivity contribution in [2.45, 2.75) is 23.8 Å². The molecular weight excluding hydrogens is 372 g/mol. The Hall–Kier alpha value is -0.650. The number of nitrogens with one attached hydrogen (secondary N) is 2. The number of halogens is 5. The van der Waals surface area contributed by atoms with E-state index in [0.717, 1.165) is 6.07 Å². The summed E-state index contributed by atoms with van der Waals surface area (Å²) in [7, 11) is -2.80. The Morgan fingerprint density at radius 3 is 2.55 bits per heavy atom. The summed E-state index contributed by atoms with van der Waals surface area (Å²) in [5.74, 6) is -4.21. The molecule has 1 aromatic heterocycles. The Balaban J connectivity index is 2.89. The summed E-state index contributed by atoms with van der Waals surface area (Å²) in [5.41, 5.74) is 0. The Labute approximate surface area is 120 Å². The molecule has 0 atom stereocenters. The van der Waals surface area contributed by atoms with Gasteiger partial charge in [0.05, 0.1) is 13.1 Å². The van der Waals surface area contributed by atoms with E-state index in [1.54, 1.807) is 7.05 Å². The zero-order chi connectivity index (χ0) is 15.6. The fraction of sp³-hybridized carbons (Fsp3) is 0.556. The first kappa shape index (κ1) is 17.4. The normalized spacial score (nSPS) is 13.2. The minimum absolute atomic E-state index is 0.199. The van der Waals surface area contributed by atoms with Gasteiger partial charge in [-0.2, -0.15) is 8.78 Å². The van der Waals surface area contributed by atoms with Crippen LogP contribution in [0, 0.1) is 0 Å². The predicted octanol–water partition coefficient (Wildman–Crippen LogP) is 1.94. The van der Waals surface area contributed by atoms with E-state index in [1.807, 2.05) is 0 Å². The second kappa shape index (κ2) is 6.41. The molecule has 0 fully saturated rings. The van der Waals surface area contributed by atoms with Gasteiger partial charge in [0.1, 0.15) is 10.7 Å². The number of hydrogen-bond acceptors (Lipinski definition) is 4. The van der Waals surface area contributed by atoms with Gasteiger partial charge in [0.15, 0.2) is 4.67 Å². The fourth-order valence-corrected chi connectivity index (χ4v) is 3.23. The molecule has 2 N–H and O–H groups in total. The summed E-state index contributed by atoms with van der Waals surface area (Å²) in [6.07, 6.45) is -3.96. The van der Waals surface area contributed by atoms with Gasteiger partial charge in [0.2, 0.25) is 10.0 Å². The highest BCUT2D eigenvalue weighted by Gasteiger charge is 2.42. The molecule has 20 heavy (non-hydrogen) atoms. The summed E-state index contributed by atoms with van der Waals surface area (Å²) >= 11 is 2.82. The number of hydrogen-bond donors (Lipinski definition) is 2. The van der Waals surface area contributed by atoms with Gasteiger partial charge in [-0.3, -0.25) is 0 Å². The van der Waals surface area contributed by atoms with Crippen molar-refractivity contribution in [1.82, 2.24) is 10.0 Å². The first-order valence-electron chi connectivity index (χ1n) is 5.18. The van der Waals surface area contributed by atoms with Crippen LogP contribution < -0.4 is 10.0 Å². The first-order chi connectivity index (χ1) is 9.10. The van der Waals surface area contributed by atoms with Crippen molar-refractivity contribution >= 4 is 26.0 Å². The quantitative estimate of drug-likeness (QED) is 0.707. The van der Waals surface area contributed by atoms with Crippen molar-refractivity contribution in [2.24, 2.45) is 0 Å². The van der Waals surface area contributed by atoms with Crippen LogP contribution in [0.5, 0.6) is 0 Å². The van der Waals surface area contributed by atoms with Crippen LogP contribution in [-0.4, -0.2) is 34.4 Å². The van der Waals surface area contributed by atoms with Crippen molar-refractivity contribution in [3.8, 4) is 0 Å². The Morgan fingerprint density at radius 1 is 1.45 bits per heavy atom. The molecular formula is C9H11BrF4N2O3S. The summed E-state index contributed by atoms with van der Waals surface area (Å²) in [5, 5.41) is 2.70. The molecule has 0 saturated heterocycles. The minimum atomic E-state index is -4.45. The summed E-state index contributed by atoms with van der Waals surface area (Å²) in [6.45, 7) is -1.49. The first-order valence-corrected chi connectivity index (χ1v) is 7.46. The molecule has 11 heteroatoms. The number of sulfonamides is 1. The Kier molecular flexibility index (Phi) is 5.58. The highest BCUT2D eigenvalue weighted by molar-refractivity contribution is 9.10. The lowest BCUT2D eigenvalue weighted by molar-refractivity contribution is -0.122. The van der Waals surface area contributed by atoms with Crippen LogP contribution in [0.4, 0.5) is 17.6 Å². The maximum absolute atomic E-state index is 12.7. The van der Waals surface area contributed by atoms with Gasteiger partial charge in [-0.25, -0.2) is 21.9 Å². The molecule has 1 heterocycles. The minimum Gasteiger partial charge on any atom is -0.452 e. The smallest absolute Gasteiger partial charge is 0.320 e. The van der Waals surface area contributed by atoms with E-state index in [9.17, 15) is 26.0 Å². The molecule has 0 aromatic carbocycles. The van der Waals surface area contributed by atoms with Gasteiger partial charge in [0, 0.05) is 6.07 Å². The molecule has 1 rings (SSSR count). The third-order valence-electron chi connectivity index (χ3n) is 2.16. The van der Waals surface area contributed by atoms with E-state index in [2.05, 4.69) is 21.2 Å². The van der Waals surface area contributed by atoms with Crippen LogP contribution in [0.15, 0.2) is 20.0 Å². The number of rotatable bonds is 7. The maximum Gasteiger partial charge on any atom is 0.320 e. The SMILES string of the molecule is CNCc1cc(S(=O)(=O)NCC(F)(F)C(F)F)c(Br)o1. The molecule has 0 radical (unpaired) electrons. The third-order valence-corrected chi connectivity index (χ3v) is 4.42. The predicted molar refractivity (Wildman–Crippen MR) is 65.3 cm³/mol. The average Bonchev–Trinajstić information content (AvgIpc) is 2.69. The van der Waals surface area contributed by atoms with Gasteiger partial charge < -0.3 is 9.73 Å². The van der Waals surface area contributed by atoms with Crippen molar-refractivity contribution in [2.75, 3.05) is 13.6 Å². The zero-order valence-electron chi connectivity index (χ0n) is 10.1. The largest absolute Gasteiger partial charge is 0.452 e. The van der Waals surface area contributed by atoms with Crippen molar-refractivity contribution < 1.29 is 30.4 Å². The lowest BCUT2D eigenvalue weighted by atomic mass is 10.4. The van der Waals surface area contributed by atoms with Crippen LogP contribution in [0.3, 0.4) is 0 Å². The molecule has 0 spiro atoms. The number of furan rings is 1. The fourth-order valence-electron chi connectivity index (χ4n) is 1.19. The molecule has 0 amide bonds. The van der Waals surface area contributed by atoms with Gasteiger partial charge in [0.25, 0.3) is 0 Å². The van der Waals surface area contributed by atoms with Crippen molar-refractivity contribution in [1.29, 1.82) is 0 Å². The third kappa shape index (κ3) is 4.17. The van der Waals surface area contributed by atoms with E-state index in [1.165, 1.54) is 4.72 Å². The maximum atomic E-state index is 12.7. The van der Waals surface area contributed by atoms with E-state index < -0.39 is 33.8 Å². The monoisotopic (exact) mass is 382 g/mol.